The third kappa shape index (κ3) is 3.89. The molecular formula is C21H14F3N. The van der Waals surface area contributed by atoms with Crippen molar-refractivity contribution in [2.45, 2.75) is 13.3 Å². The first kappa shape index (κ1) is 16.8. The summed E-state index contributed by atoms with van der Waals surface area (Å²) in [5.41, 5.74) is 3.76. The maximum atomic E-state index is 13.5. The van der Waals surface area contributed by atoms with Gasteiger partial charge in [-0.05, 0) is 41.3 Å². The number of aromatic nitrogens is 1. The second kappa shape index (κ2) is 7.23. The fraction of sp³-hybridized carbons (Fsp3) is 0.0952. The Morgan fingerprint density at radius 3 is 2.00 bits per heavy atom. The normalized spacial score (nSPS) is 10.2. The van der Waals surface area contributed by atoms with Crippen LogP contribution in [0.4, 0.5) is 13.2 Å². The molecule has 0 aliphatic heterocycles. The topological polar surface area (TPSA) is 12.9 Å². The maximum absolute atomic E-state index is 13.5. The zero-order valence-corrected chi connectivity index (χ0v) is 13.5. The van der Waals surface area contributed by atoms with Crippen molar-refractivity contribution >= 4 is 0 Å². The molecule has 0 atom stereocenters. The van der Waals surface area contributed by atoms with Gasteiger partial charge in [0.05, 0.1) is 5.56 Å². The van der Waals surface area contributed by atoms with Crippen LogP contribution in [0.3, 0.4) is 0 Å². The van der Waals surface area contributed by atoms with Gasteiger partial charge in [0.2, 0.25) is 5.95 Å². The van der Waals surface area contributed by atoms with Crippen molar-refractivity contribution in [1.29, 1.82) is 0 Å². The number of nitrogens with zero attached hydrogens (tertiary/aromatic N) is 1. The van der Waals surface area contributed by atoms with Crippen molar-refractivity contribution in [3.63, 3.8) is 0 Å². The molecule has 1 heterocycles. The third-order valence-electron chi connectivity index (χ3n) is 3.81. The van der Waals surface area contributed by atoms with Gasteiger partial charge in [-0.15, -0.1) is 0 Å². The highest BCUT2D eigenvalue weighted by Crippen LogP contribution is 2.20. The van der Waals surface area contributed by atoms with E-state index >= 15 is 0 Å². The summed E-state index contributed by atoms with van der Waals surface area (Å²) in [5, 5.41) is 0. The minimum absolute atomic E-state index is 0.280. The zero-order chi connectivity index (χ0) is 17.8. The molecule has 0 bridgehead atoms. The first-order valence-corrected chi connectivity index (χ1v) is 7.79. The Bertz CT molecular complexity index is 949. The lowest BCUT2D eigenvalue weighted by molar-refractivity contribution is 0.446. The molecule has 124 valence electrons. The molecule has 0 N–H and O–H groups in total. The fourth-order valence-electron chi connectivity index (χ4n) is 2.35. The van der Waals surface area contributed by atoms with Gasteiger partial charge in [0.25, 0.3) is 5.95 Å². The molecule has 0 aliphatic carbocycles. The molecular weight excluding hydrogens is 323 g/mol. The Hall–Kier alpha value is -3.06. The van der Waals surface area contributed by atoms with Crippen LogP contribution < -0.4 is 0 Å². The average molecular weight is 337 g/mol. The SMILES string of the molecule is CCc1ccc(-c2ccc(C#Cc3cc(F)c(F)nc3F)cc2)cc1. The number of benzene rings is 2. The first-order chi connectivity index (χ1) is 12.1. The molecule has 0 amide bonds. The molecule has 0 fully saturated rings. The molecule has 0 radical (unpaired) electrons. The van der Waals surface area contributed by atoms with Gasteiger partial charge in [0.15, 0.2) is 5.82 Å². The van der Waals surface area contributed by atoms with E-state index in [1.54, 1.807) is 12.1 Å². The Balaban J connectivity index is 1.83. The smallest absolute Gasteiger partial charge is 0.202 e. The number of hydrogen-bond donors (Lipinski definition) is 0. The molecule has 0 saturated carbocycles. The van der Waals surface area contributed by atoms with Gasteiger partial charge in [-0.1, -0.05) is 55.2 Å². The Kier molecular flexibility index (Phi) is 4.85. The largest absolute Gasteiger partial charge is 0.251 e. The molecule has 4 heteroatoms. The lowest BCUT2D eigenvalue weighted by atomic mass is 10.0. The van der Waals surface area contributed by atoms with Gasteiger partial charge in [0, 0.05) is 5.56 Å². The van der Waals surface area contributed by atoms with Gasteiger partial charge >= 0.3 is 0 Å². The predicted octanol–water partition coefficient (Wildman–Crippen LogP) is 5.13. The van der Waals surface area contributed by atoms with Gasteiger partial charge in [0.1, 0.15) is 0 Å². The van der Waals surface area contributed by atoms with E-state index in [2.05, 4.69) is 48.0 Å². The minimum atomic E-state index is -1.47. The summed E-state index contributed by atoms with van der Waals surface area (Å²) in [4.78, 5) is 2.84. The first-order valence-electron chi connectivity index (χ1n) is 7.79. The van der Waals surface area contributed by atoms with Gasteiger partial charge in [-0.25, -0.2) is 4.39 Å². The lowest BCUT2D eigenvalue weighted by Gasteiger charge is -2.03. The van der Waals surface area contributed by atoms with Crippen LogP contribution in [0.1, 0.15) is 23.6 Å². The van der Waals surface area contributed by atoms with Crippen LogP contribution in [0.15, 0.2) is 54.6 Å². The van der Waals surface area contributed by atoms with Crippen LogP contribution in [-0.4, -0.2) is 4.98 Å². The number of aryl methyl sites for hydroxylation is 1. The molecule has 0 aliphatic rings. The van der Waals surface area contributed by atoms with E-state index in [0.29, 0.717) is 11.6 Å². The second-order valence-corrected chi connectivity index (χ2v) is 5.48. The summed E-state index contributed by atoms with van der Waals surface area (Å²) in [6, 6.07) is 16.4. The number of pyridine rings is 1. The van der Waals surface area contributed by atoms with Crippen molar-refractivity contribution in [2.24, 2.45) is 0 Å². The van der Waals surface area contributed by atoms with Crippen LogP contribution in [0, 0.1) is 29.6 Å². The quantitative estimate of drug-likeness (QED) is 0.467. The Morgan fingerprint density at radius 1 is 0.800 bits per heavy atom. The number of rotatable bonds is 2. The molecule has 25 heavy (non-hydrogen) atoms. The fourth-order valence-corrected chi connectivity index (χ4v) is 2.35. The average Bonchev–Trinajstić information content (AvgIpc) is 2.64. The highest BCUT2D eigenvalue weighted by atomic mass is 19.2. The highest BCUT2D eigenvalue weighted by Gasteiger charge is 2.09. The standard InChI is InChI=1S/C21H14F3N/c1-2-14-3-8-16(9-4-14)17-10-5-15(6-11-17)7-12-18-13-19(22)21(24)25-20(18)23/h3-6,8-11,13H,2H2,1H3. The van der Waals surface area contributed by atoms with E-state index in [4.69, 9.17) is 0 Å². The zero-order valence-electron chi connectivity index (χ0n) is 13.5. The maximum Gasteiger partial charge on any atom is 0.251 e. The second-order valence-electron chi connectivity index (χ2n) is 5.48. The Labute approximate surface area is 144 Å². The van der Waals surface area contributed by atoms with Crippen LogP contribution in [0.5, 0.6) is 0 Å². The van der Waals surface area contributed by atoms with E-state index < -0.39 is 17.7 Å². The Morgan fingerprint density at radius 2 is 1.40 bits per heavy atom. The van der Waals surface area contributed by atoms with E-state index in [1.807, 2.05) is 12.1 Å². The molecule has 3 aromatic rings. The molecule has 3 rings (SSSR count). The van der Waals surface area contributed by atoms with Crippen molar-refractivity contribution in [1.82, 2.24) is 4.98 Å². The number of halogens is 3. The number of hydrogen-bond acceptors (Lipinski definition) is 1. The van der Waals surface area contributed by atoms with Gasteiger partial charge < -0.3 is 0 Å². The molecule has 1 nitrogen and oxygen atoms in total. The summed E-state index contributed by atoms with van der Waals surface area (Å²) in [6.45, 7) is 2.10. The summed E-state index contributed by atoms with van der Waals surface area (Å²) < 4.78 is 39.4. The van der Waals surface area contributed by atoms with E-state index in [-0.39, 0.29) is 5.56 Å². The monoisotopic (exact) mass is 337 g/mol. The molecule has 0 saturated heterocycles. The summed E-state index contributed by atoms with van der Waals surface area (Å²) in [7, 11) is 0. The van der Waals surface area contributed by atoms with Gasteiger partial charge in [-0.3, -0.25) is 0 Å². The highest BCUT2D eigenvalue weighted by molar-refractivity contribution is 5.64. The molecule has 0 spiro atoms. The third-order valence-corrected chi connectivity index (χ3v) is 3.81. The minimum Gasteiger partial charge on any atom is -0.202 e. The summed E-state index contributed by atoms with van der Waals surface area (Å²) >= 11 is 0. The van der Waals surface area contributed by atoms with E-state index in [0.717, 1.165) is 17.5 Å². The van der Waals surface area contributed by atoms with Crippen molar-refractivity contribution in [3.8, 4) is 23.0 Å². The van der Waals surface area contributed by atoms with Crippen molar-refractivity contribution in [3.05, 3.63) is 89.0 Å². The van der Waals surface area contributed by atoms with Crippen LogP contribution in [0.2, 0.25) is 0 Å². The van der Waals surface area contributed by atoms with Crippen molar-refractivity contribution in [2.75, 3.05) is 0 Å². The molecule has 2 aromatic carbocycles. The molecule has 0 unspecified atom stereocenters. The van der Waals surface area contributed by atoms with E-state index in [9.17, 15) is 13.2 Å². The van der Waals surface area contributed by atoms with Crippen molar-refractivity contribution < 1.29 is 13.2 Å². The van der Waals surface area contributed by atoms with Crippen LogP contribution in [-0.2, 0) is 6.42 Å². The predicted molar refractivity (Wildman–Crippen MR) is 91.3 cm³/mol. The van der Waals surface area contributed by atoms with Gasteiger partial charge in [-0.2, -0.15) is 13.8 Å². The molecule has 1 aromatic heterocycles. The lowest BCUT2D eigenvalue weighted by Crippen LogP contribution is -1.97. The van der Waals surface area contributed by atoms with Crippen LogP contribution >= 0.6 is 0 Å². The summed E-state index contributed by atoms with van der Waals surface area (Å²) in [6.07, 6.45) is 0.990. The van der Waals surface area contributed by atoms with Crippen LogP contribution in [0.25, 0.3) is 11.1 Å². The summed E-state index contributed by atoms with van der Waals surface area (Å²) in [5.74, 6) is 1.38. The van der Waals surface area contributed by atoms with E-state index in [1.165, 1.54) is 5.56 Å².